The fourth-order valence-electron chi connectivity index (χ4n) is 2.98. The van der Waals surface area contributed by atoms with Gasteiger partial charge in [0, 0.05) is 39.8 Å². The van der Waals surface area contributed by atoms with E-state index >= 15 is 0 Å². The summed E-state index contributed by atoms with van der Waals surface area (Å²) in [6, 6.07) is 7.95. The first-order chi connectivity index (χ1) is 12.4. The van der Waals surface area contributed by atoms with Crippen molar-refractivity contribution in [3.63, 3.8) is 0 Å². The zero-order valence-corrected chi connectivity index (χ0v) is 16.9. The number of nitrogens with zero attached hydrogens (tertiary/aromatic N) is 3. The van der Waals surface area contributed by atoms with Crippen molar-refractivity contribution in [2.45, 2.75) is 20.8 Å². The lowest BCUT2D eigenvalue weighted by atomic mass is 9.93. The predicted molar refractivity (Wildman–Crippen MR) is 109 cm³/mol. The highest BCUT2D eigenvalue weighted by atomic mass is 35.5. The fraction of sp³-hybridized carbons (Fsp3) is 0.579. The maximum absolute atomic E-state index is 12.0. The molecule has 1 aromatic carbocycles. The summed E-state index contributed by atoms with van der Waals surface area (Å²) in [5.41, 5.74) is 0.547. The predicted octanol–water partition coefficient (Wildman–Crippen LogP) is 2.20. The number of para-hydroxylation sites is 1. The van der Waals surface area contributed by atoms with Crippen LogP contribution in [0.2, 0.25) is 5.02 Å². The standard InChI is InChI=1S/C19H30ClN5O/c1-5-22-18(23-14-19(2,3)17(26)21-4)25-12-10-24(11-13-25)16-9-7-6-8-15(16)20/h6-9H,5,10-14H2,1-4H3,(H,21,26)(H,22,23). The summed E-state index contributed by atoms with van der Waals surface area (Å²) in [6.07, 6.45) is 0. The van der Waals surface area contributed by atoms with Crippen molar-refractivity contribution in [1.82, 2.24) is 15.5 Å². The van der Waals surface area contributed by atoms with Crippen LogP contribution in [0.4, 0.5) is 5.69 Å². The molecule has 144 valence electrons. The van der Waals surface area contributed by atoms with Gasteiger partial charge < -0.3 is 20.4 Å². The Hall–Kier alpha value is -1.95. The fourth-order valence-corrected chi connectivity index (χ4v) is 3.23. The molecule has 1 saturated heterocycles. The first kappa shape index (κ1) is 20.4. The number of halogens is 1. The summed E-state index contributed by atoms with van der Waals surface area (Å²) in [6.45, 7) is 10.6. The molecule has 0 radical (unpaired) electrons. The molecule has 0 bridgehead atoms. The van der Waals surface area contributed by atoms with E-state index in [9.17, 15) is 4.79 Å². The van der Waals surface area contributed by atoms with Crippen LogP contribution in [0.5, 0.6) is 0 Å². The maximum atomic E-state index is 12.0. The number of benzene rings is 1. The molecule has 1 aromatic rings. The first-order valence-corrected chi connectivity index (χ1v) is 9.51. The molecule has 0 aromatic heterocycles. The van der Waals surface area contributed by atoms with Gasteiger partial charge in [-0.05, 0) is 32.9 Å². The van der Waals surface area contributed by atoms with E-state index in [0.29, 0.717) is 6.54 Å². The topological polar surface area (TPSA) is 60.0 Å². The maximum Gasteiger partial charge on any atom is 0.227 e. The van der Waals surface area contributed by atoms with Gasteiger partial charge >= 0.3 is 0 Å². The van der Waals surface area contributed by atoms with Gasteiger partial charge in [-0.15, -0.1) is 0 Å². The smallest absolute Gasteiger partial charge is 0.227 e. The monoisotopic (exact) mass is 379 g/mol. The van der Waals surface area contributed by atoms with Crippen LogP contribution in [0.3, 0.4) is 0 Å². The number of rotatable bonds is 5. The van der Waals surface area contributed by atoms with Crippen LogP contribution in [0, 0.1) is 5.41 Å². The van der Waals surface area contributed by atoms with Gasteiger partial charge in [-0.1, -0.05) is 23.7 Å². The van der Waals surface area contributed by atoms with Gasteiger partial charge in [-0.25, -0.2) is 0 Å². The Morgan fingerprint density at radius 2 is 1.88 bits per heavy atom. The van der Waals surface area contributed by atoms with Gasteiger partial charge in [0.1, 0.15) is 0 Å². The van der Waals surface area contributed by atoms with Crippen molar-refractivity contribution in [3.8, 4) is 0 Å². The van der Waals surface area contributed by atoms with Crippen molar-refractivity contribution >= 4 is 29.2 Å². The molecule has 2 rings (SSSR count). The average molecular weight is 380 g/mol. The minimum absolute atomic E-state index is 0.000590. The van der Waals surface area contributed by atoms with Crippen LogP contribution in [-0.2, 0) is 4.79 Å². The van der Waals surface area contributed by atoms with Gasteiger partial charge in [-0.3, -0.25) is 9.79 Å². The Balaban J connectivity index is 2.02. The van der Waals surface area contributed by atoms with Gasteiger partial charge in [0.2, 0.25) is 5.91 Å². The van der Waals surface area contributed by atoms with Crippen LogP contribution >= 0.6 is 11.6 Å². The van der Waals surface area contributed by atoms with E-state index in [2.05, 4.69) is 33.4 Å². The highest BCUT2D eigenvalue weighted by Crippen LogP contribution is 2.26. The van der Waals surface area contributed by atoms with E-state index in [-0.39, 0.29) is 5.91 Å². The van der Waals surface area contributed by atoms with Crippen molar-refractivity contribution in [3.05, 3.63) is 29.3 Å². The lowest BCUT2D eigenvalue weighted by molar-refractivity contribution is -0.128. The number of amides is 1. The zero-order chi connectivity index (χ0) is 19.2. The summed E-state index contributed by atoms with van der Waals surface area (Å²) < 4.78 is 0. The van der Waals surface area contributed by atoms with Crippen molar-refractivity contribution in [1.29, 1.82) is 0 Å². The van der Waals surface area contributed by atoms with E-state index in [1.165, 1.54) is 0 Å². The number of hydrogen-bond acceptors (Lipinski definition) is 3. The summed E-state index contributed by atoms with van der Waals surface area (Å²) in [4.78, 5) is 21.2. The quantitative estimate of drug-likeness (QED) is 0.608. The summed E-state index contributed by atoms with van der Waals surface area (Å²) in [5, 5.41) is 6.84. The molecule has 1 aliphatic rings. The Morgan fingerprint density at radius 1 is 1.23 bits per heavy atom. The Labute approximate surface area is 161 Å². The van der Waals surface area contributed by atoms with Crippen LogP contribution in [0.1, 0.15) is 20.8 Å². The highest BCUT2D eigenvalue weighted by molar-refractivity contribution is 6.33. The Bertz CT molecular complexity index is 639. The van der Waals surface area contributed by atoms with Crippen LogP contribution in [0.15, 0.2) is 29.3 Å². The number of carbonyl (C=O) groups is 1. The second-order valence-electron chi connectivity index (χ2n) is 7.06. The summed E-state index contributed by atoms with van der Waals surface area (Å²) in [5.74, 6) is 0.865. The molecule has 1 aliphatic heterocycles. The van der Waals surface area contributed by atoms with Crippen LogP contribution < -0.4 is 15.5 Å². The molecule has 0 atom stereocenters. The number of nitrogens with one attached hydrogen (secondary N) is 2. The third kappa shape index (κ3) is 5.04. The molecule has 1 amide bonds. The SMILES string of the molecule is CCNC(=NCC(C)(C)C(=O)NC)N1CCN(c2ccccc2Cl)CC1. The zero-order valence-electron chi connectivity index (χ0n) is 16.2. The van der Waals surface area contributed by atoms with Crippen molar-refractivity contribution in [2.24, 2.45) is 10.4 Å². The van der Waals surface area contributed by atoms with Gasteiger partial charge in [0.25, 0.3) is 0 Å². The van der Waals surface area contributed by atoms with E-state index < -0.39 is 5.41 Å². The second kappa shape index (κ2) is 9.12. The highest BCUT2D eigenvalue weighted by Gasteiger charge is 2.27. The van der Waals surface area contributed by atoms with E-state index in [4.69, 9.17) is 16.6 Å². The molecule has 26 heavy (non-hydrogen) atoms. The van der Waals surface area contributed by atoms with E-state index in [1.54, 1.807) is 7.05 Å². The van der Waals surface area contributed by atoms with Crippen molar-refractivity contribution in [2.75, 3.05) is 51.2 Å². The van der Waals surface area contributed by atoms with Crippen LogP contribution in [0.25, 0.3) is 0 Å². The second-order valence-corrected chi connectivity index (χ2v) is 7.47. The Morgan fingerprint density at radius 3 is 2.46 bits per heavy atom. The number of aliphatic imine (C=N–C) groups is 1. The third-order valence-corrected chi connectivity index (χ3v) is 4.89. The summed E-state index contributed by atoms with van der Waals surface area (Å²) >= 11 is 6.32. The average Bonchev–Trinajstić information content (AvgIpc) is 2.65. The number of anilines is 1. The van der Waals surface area contributed by atoms with Crippen LogP contribution in [-0.4, -0.2) is 63.1 Å². The molecule has 7 heteroatoms. The number of guanidine groups is 1. The number of piperazine rings is 1. The molecular formula is C19H30ClN5O. The molecule has 2 N–H and O–H groups in total. The Kier molecular flexibility index (Phi) is 7.14. The van der Waals surface area contributed by atoms with E-state index in [1.807, 2.05) is 32.0 Å². The lowest BCUT2D eigenvalue weighted by Gasteiger charge is -2.38. The van der Waals surface area contributed by atoms with Gasteiger partial charge in [0.15, 0.2) is 5.96 Å². The minimum Gasteiger partial charge on any atom is -0.367 e. The molecule has 1 fully saturated rings. The van der Waals surface area contributed by atoms with Gasteiger partial charge in [0.05, 0.1) is 22.7 Å². The molecular weight excluding hydrogens is 350 g/mol. The molecule has 0 aliphatic carbocycles. The molecule has 1 heterocycles. The number of hydrogen-bond donors (Lipinski definition) is 2. The minimum atomic E-state index is -0.533. The first-order valence-electron chi connectivity index (χ1n) is 9.14. The molecule has 0 spiro atoms. The normalized spacial score (nSPS) is 15.8. The lowest BCUT2D eigenvalue weighted by Crippen LogP contribution is -2.53. The largest absolute Gasteiger partial charge is 0.367 e. The molecule has 0 unspecified atom stereocenters. The van der Waals surface area contributed by atoms with Crippen molar-refractivity contribution < 1.29 is 4.79 Å². The van der Waals surface area contributed by atoms with Gasteiger partial charge in [-0.2, -0.15) is 0 Å². The molecule has 6 nitrogen and oxygen atoms in total. The number of carbonyl (C=O) groups excluding carboxylic acids is 1. The molecule has 0 saturated carbocycles. The van der Waals surface area contributed by atoms with E-state index in [0.717, 1.165) is 49.4 Å². The summed E-state index contributed by atoms with van der Waals surface area (Å²) in [7, 11) is 1.66. The third-order valence-electron chi connectivity index (χ3n) is 4.57.